The normalized spacial score (nSPS) is 15.5. The van der Waals surface area contributed by atoms with Crippen LogP contribution in [-0.2, 0) is 0 Å². The summed E-state index contributed by atoms with van der Waals surface area (Å²) in [5.74, 6) is 0.488. The van der Waals surface area contributed by atoms with E-state index in [0.29, 0.717) is 0 Å². The Morgan fingerprint density at radius 1 is 1.24 bits per heavy atom. The average molecular weight is 226 g/mol. The van der Waals surface area contributed by atoms with Crippen LogP contribution in [0.15, 0.2) is 42.7 Å². The van der Waals surface area contributed by atoms with Crippen LogP contribution in [0.4, 0.5) is 0 Å². The third kappa shape index (κ3) is 1.88. The fraction of sp³-hybridized carbons (Fsp3) is 0.286. The second-order valence-electron chi connectivity index (χ2n) is 4.50. The number of carbonyl (C=O) groups is 1. The van der Waals surface area contributed by atoms with E-state index in [0.717, 1.165) is 24.1 Å². The molecule has 0 saturated heterocycles. The molecule has 3 nitrogen and oxygen atoms in total. The number of ketones is 1. The zero-order valence-corrected chi connectivity index (χ0v) is 9.54. The van der Waals surface area contributed by atoms with Gasteiger partial charge in [-0.05, 0) is 25.0 Å². The molecule has 1 aliphatic rings. The Bertz CT molecular complexity index is 526. The highest BCUT2D eigenvalue weighted by atomic mass is 16.1. The summed E-state index contributed by atoms with van der Waals surface area (Å²) in [7, 11) is 0. The fourth-order valence-corrected chi connectivity index (χ4v) is 2.08. The zero-order valence-electron chi connectivity index (χ0n) is 9.54. The first-order valence-electron chi connectivity index (χ1n) is 5.99. The van der Waals surface area contributed by atoms with Gasteiger partial charge in [0.1, 0.15) is 0 Å². The SMILES string of the molecule is O=C(c1cnn(-c2ccccc2)c1)C1CCC1. The summed E-state index contributed by atoms with van der Waals surface area (Å²) in [6, 6.07) is 9.84. The number of Topliss-reactive ketones (excluding diaryl/α,β-unsaturated/α-hetero) is 1. The summed E-state index contributed by atoms with van der Waals surface area (Å²) in [5.41, 5.74) is 1.72. The van der Waals surface area contributed by atoms with E-state index in [-0.39, 0.29) is 11.7 Å². The molecule has 17 heavy (non-hydrogen) atoms. The van der Waals surface area contributed by atoms with Crippen LogP contribution >= 0.6 is 0 Å². The molecule has 86 valence electrons. The smallest absolute Gasteiger partial charge is 0.169 e. The zero-order chi connectivity index (χ0) is 11.7. The molecule has 0 aliphatic heterocycles. The third-order valence-electron chi connectivity index (χ3n) is 3.36. The van der Waals surface area contributed by atoms with E-state index in [1.54, 1.807) is 10.9 Å². The van der Waals surface area contributed by atoms with Crippen LogP contribution in [0.3, 0.4) is 0 Å². The summed E-state index contributed by atoms with van der Waals surface area (Å²) in [6.07, 6.45) is 6.76. The van der Waals surface area contributed by atoms with E-state index >= 15 is 0 Å². The van der Waals surface area contributed by atoms with Crippen LogP contribution in [0.5, 0.6) is 0 Å². The topological polar surface area (TPSA) is 34.9 Å². The third-order valence-corrected chi connectivity index (χ3v) is 3.36. The predicted octanol–water partition coefficient (Wildman–Crippen LogP) is 2.86. The van der Waals surface area contributed by atoms with Gasteiger partial charge in [0.2, 0.25) is 0 Å². The van der Waals surface area contributed by atoms with E-state index in [1.807, 2.05) is 36.5 Å². The molecule has 0 atom stereocenters. The molecule has 1 aromatic heterocycles. The number of hydrogen-bond donors (Lipinski definition) is 0. The summed E-state index contributed by atoms with van der Waals surface area (Å²) >= 11 is 0. The lowest BCUT2D eigenvalue weighted by Gasteiger charge is -2.22. The lowest BCUT2D eigenvalue weighted by atomic mass is 9.80. The monoisotopic (exact) mass is 226 g/mol. The Hall–Kier alpha value is -1.90. The quantitative estimate of drug-likeness (QED) is 0.754. The van der Waals surface area contributed by atoms with Gasteiger partial charge >= 0.3 is 0 Å². The van der Waals surface area contributed by atoms with Crippen LogP contribution in [0.2, 0.25) is 0 Å². The molecule has 1 aromatic carbocycles. The van der Waals surface area contributed by atoms with E-state index in [4.69, 9.17) is 0 Å². The molecule has 2 aromatic rings. The minimum atomic E-state index is 0.239. The van der Waals surface area contributed by atoms with Gasteiger partial charge in [-0.15, -0.1) is 0 Å². The van der Waals surface area contributed by atoms with Crippen molar-refractivity contribution in [3.05, 3.63) is 48.3 Å². The molecule has 3 heteroatoms. The van der Waals surface area contributed by atoms with Crippen molar-refractivity contribution >= 4 is 5.78 Å². The van der Waals surface area contributed by atoms with Gasteiger partial charge in [0, 0.05) is 12.1 Å². The summed E-state index contributed by atoms with van der Waals surface area (Å²) in [5, 5.41) is 4.24. The van der Waals surface area contributed by atoms with Crippen LogP contribution in [-0.4, -0.2) is 15.6 Å². The van der Waals surface area contributed by atoms with Gasteiger partial charge in [0.05, 0.1) is 17.4 Å². The lowest BCUT2D eigenvalue weighted by Crippen LogP contribution is -2.21. The number of aromatic nitrogens is 2. The molecule has 0 amide bonds. The Labute approximate surface area is 100 Å². The van der Waals surface area contributed by atoms with Gasteiger partial charge in [-0.2, -0.15) is 5.10 Å². The number of hydrogen-bond acceptors (Lipinski definition) is 2. The van der Waals surface area contributed by atoms with Crippen molar-refractivity contribution in [3.8, 4) is 5.69 Å². The van der Waals surface area contributed by atoms with E-state index < -0.39 is 0 Å². The molecule has 0 radical (unpaired) electrons. The minimum Gasteiger partial charge on any atom is -0.294 e. The summed E-state index contributed by atoms with van der Waals surface area (Å²) in [6.45, 7) is 0. The van der Waals surface area contributed by atoms with Crippen molar-refractivity contribution in [2.75, 3.05) is 0 Å². The van der Waals surface area contributed by atoms with Gasteiger partial charge in [-0.1, -0.05) is 24.6 Å². The molecule has 1 saturated carbocycles. The average Bonchev–Trinajstić information content (AvgIpc) is 2.77. The van der Waals surface area contributed by atoms with Crippen LogP contribution in [0, 0.1) is 5.92 Å². The van der Waals surface area contributed by atoms with Crippen molar-refractivity contribution in [1.29, 1.82) is 0 Å². The number of nitrogens with zero attached hydrogens (tertiary/aromatic N) is 2. The minimum absolute atomic E-state index is 0.239. The number of carbonyl (C=O) groups excluding carboxylic acids is 1. The van der Waals surface area contributed by atoms with E-state index in [1.165, 1.54) is 6.42 Å². The van der Waals surface area contributed by atoms with Crippen LogP contribution in [0.1, 0.15) is 29.6 Å². The Balaban J connectivity index is 1.85. The van der Waals surface area contributed by atoms with Crippen LogP contribution in [0.25, 0.3) is 5.69 Å². The second-order valence-corrected chi connectivity index (χ2v) is 4.50. The molecule has 0 N–H and O–H groups in total. The van der Waals surface area contributed by atoms with Crippen molar-refractivity contribution in [1.82, 2.24) is 9.78 Å². The van der Waals surface area contributed by atoms with E-state index in [9.17, 15) is 4.79 Å². The summed E-state index contributed by atoms with van der Waals surface area (Å²) < 4.78 is 1.76. The first-order valence-corrected chi connectivity index (χ1v) is 5.99. The highest BCUT2D eigenvalue weighted by molar-refractivity contribution is 5.97. The fourth-order valence-electron chi connectivity index (χ4n) is 2.08. The maximum atomic E-state index is 12.0. The predicted molar refractivity (Wildman–Crippen MR) is 65.2 cm³/mol. The highest BCUT2D eigenvalue weighted by Crippen LogP contribution is 2.29. The number of rotatable bonds is 3. The van der Waals surface area contributed by atoms with Crippen LogP contribution < -0.4 is 0 Å². The Morgan fingerprint density at radius 2 is 2.00 bits per heavy atom. The standard InChI is InChI=1S/C14H14N2O/c17-14(11-5-4-6-11)12-9-15-16(10-12)13-7-2-1-3-8-13/h1-3,7-11H,4-6H2. The number of para-hydroxylation sites is 1. The van der Waals surface area contributed by atoms with Gasteiger partial charge < -0.3 is 0 Å². The van der Waals surface area contributed by atoms with Gasteiger partial charge in [0.15, 0.2) is 5.78 Å². The molecule has 0 unspecified atom stereocenters. The largest absolute Gasteiger partial charge is 0.294 e. The molecule has 0 bridgehead atoms. The molecular formula is C14H14N2O. The summed E-state index contributed by atoms with van der Waals surface area (Å²) in [4.78, 5) is 12.0. The van der Waals surface area contributed by atoms with Crippen molar-refractivity contribution in [2.45, 2.75) is 19.3 Å². The molecular weight excluding hydrogens is 212 g/mol. The second kappa shape index (κ2) is 4.17. The first kappa shape index (κ1) is 10.3. The molecule has 0 spiro atoms. The van der Waals surface area contributed by atoms with Crippen molar-refractivity contribution < 1.29 is 4.79 Å². The molecule has 3 rings (SSSR count). The Kier molecular flexibility index (Phi) is 2.52. The highest BCUT2D eigenvalue weighted by Gasteiger charge is 2.26. The molecule has 1 heterocycles. The van der Waals surface area contributed by atoms with Crippen molar-refractivity contribution in [3.63, 3.8) is 0 Å². The first-order chi connectivity index (χ1) is 8.34. The van der Waals surface area contributed by atoms with Gasteiger partial charge in [-0.3, -0.25) is 4.79 Å². The van der Waals surface area contributed by atoms with E-state index in [2.05, 4.69) is 5.10 Å². The van der Waals surface area contributed by atoms with Crippen molar-refractivity contribution in [2.24, 2.45) is 5.92 Å². The molecule has 1 fully saturated rings. The lowest BCUT2D eigenvalue weighted by molar-refractivity contribution is 0.0855. The Morgan fingerprint density at radius 3 is 2.65 bits per heavy atom. The number of benzene rings is 1. The maximum absolute atomic E-state index is 12.0. The molecule has 1 aliphatic carbocycles. The van der Waals surface area contributed by atoms with Gasteiger partial charge in [0.25, 0.3) is 0 Å². The van der Waals surface area contributed by atoms with Gasteiger partial charge in [-0.25, -0.2) is 4.68 Å². The maximum Gasteiger partial charge on any atom is 0.169 e.